The molecular formula is C15H22N2O4. The molecule has 6 heteroatoms. The SMILES string of the molecule is COC1CCCC1N1C(=O)NC(=O)C(C2CCCC2)C1=O. The second kappa shape index (κ2) is 5.75. The molecule has 116 valence electrons. The van der Waals surface area contributed by atoms with Gasteiger partial charge in [0.25, 0.3) is 0 Å². The van der Waals surface area contributed by atoms with Gasteiger partial charge in [-0.15, -0.1) is 0 Å². The number of methoxy groups -OCH3 is 1. The number of urea groups is 1. The molecule has 1 heterocycles. The minimum Gasteiger partial charge on any atom is -0.379 e. The average Bonchev–Trinajstić information content (AvgIpc) is 3.09. The van der Waals surface area contributed by atoms with Crippen LogP contribution in [0.5, 0.6) is 0 Å². The van der Waals surface area contributed by atoms with Crippen LogP contribution < -0.4 is 5.32 Å². The molecule has 1 N–H and O–H groups in total. The summed E-state index contributed by atoms with van der Waals surface area (Å²) in [6, 6.07) is -0.812. The van der Waals surface area contributed by atoms with E-state index in [4.69, 9.17) is 4.74 Å². The highest BCUT2D eigenvalue weighted by Crippen LogP contribution is 2.36. The molecule has 4 amide bonds. The van der Waals surface area contributed by atoms with Gasteiger partial charge >= 0.3 is 6.03 Å². The van der Waals surface area contributed by atoms with Crippen LogP contribution in [0.4, 0.5) is 4.79 Å². The maximum Gasteiger partial charge on any atom is 0.331 e. The predicted octanol–water partition coefficient (Wildman–Crippen LogP) is 1.44. The lowest BCUT2D eigenvalue weighted by Crippen LogP contribution is -2.63. The van der Waals surface area contributed by atoms with Gasteiger partial charge < -0.3 is 4.74 Å². The molecule has 3 unspecified atom stereocenters. The smallest absolute Gasteiger partial charge is 0.331 e. The van der Waals surface area contributed by atoms with Crippen LogP contribution >= 0.6 is 0 Å². The molecule has 3 fully saturated rings. The van der Waals surface area contributed by atoms with Crippen LogP contribution in [-0.2, 0) is 14.3 Å². The first-order valence-electron chi connectivity index (χ1n) is 7.84. The molecule has 1 aliphatic heterocycles. The standard InChI is InChI=1S/C15H22N2O4/c1-21-11-8-4-7-10(11)17-14(19)12(9-5-2-3-6-9)13(18)16-15(17)20/h9-12H,2-8H2,1H3,(H,16,18,20). The van der Waals surface area contributed by atoms with E-state index in [9.17, 15) is 14.4 Å². The van der Waals surface area contributed by atoms with Crippen LogP contribution in [0.3, 0.4) is 0 Å². The highest BCUT2D eigenvalue weighted by Gasteiger charge is 2.49. The summed E-state index contributed by atoms with van der Waals surface area (Å²) in [6.07, 6.45) is 6.32. The van der Waals surface area contributed by atoms with Crippen molar-refractivity contribution in [2.75, 3.05) is 7.11 Å². The Morgan fingerprint density at radius 1 is 1.05 bits per heavy atom. The number of hydrogen-bond donors (Lipinski definition) is 1. The molecule has 0 radical (unpaired) electrons. The minimum absolute atomic E-state index is 0.0792. The molecule has 0 aromatic rings. The molecule has 0 spiro atoms. The third-order valence-corrected chi connectivity index (χ3v) is 5.16. The Balaban J connectivity index is 1.83. The maximum atomic E-state index is 12.8. The summed E-state index contributed by atoms with van der Waals surface area (Å²) in [5.41, 5.74) is 0. The second-order valence-corrected chi connectivity index (χ2v) is 6.30. The highest BCUT2D eigenvalue weighted by molar-refractivity contribution is 6.16. The van der Waals surface area contributed by atoms with Gasteiger partial charge in [-0.1, -0.05) is 12.8 Å². The fraction of sp³-hybridized carbons (Fsp3) is 0.800. The Morgan fingerprint density at radius 2 is 1.76 bits per heavy atom. The molecule has 0 bridgehead atoms. The average molecular weight is 294 g/mol. The fourth-order valence-electron chi connectivity index (χ4n) is 4.10. The summed E-state index contributed by atoms with van der Waals surface area (Å²) >= 11 is 0. The Kier molecular flexibility index (Phi) is 3.97. The van der Waals surface area contributed by atoms with Gasteiger partial charge in [-0.25, -0.2) is 4.79 Å². The largest absolute Gasteiger partial charge is 0.379 e. The number of nitrogens with one attached hydrogen (secondary N) is 1. The van der Waals surface area contributed by atoms with Crippen LogP contribution in [0.25, 0.3) is 0 Å². The predicted molar refractivity (Wildman–Crippen MR) is 74.3 cm³/mol. The molecule has 3 aliphatic rings. The normalized spacial score (nSPS) is 34.6. The monoisotopic (exact) mass is 294 g/mol. The number of hydrogen-bond acceptors (Lipinski definition) is 4. The van der Waals surface area contributed by atoms with Gasteiger partial charge in [-0.2, -0.15) is 0 Å². The molecular weight excluding hydrogens is 272 g/mol. The van der Waals surface area contributed by atoms with Crippen molar-refractivity contribution >= 4 is 17.8 Å². The van der Waals surface area contributed by atoms with Gasteiger partial charge in [0.2, 0.25) is 11.8 Å². The molecule has 3 rings (SSSR count). The zero-order valence-electron chi connectivity index (χ0n) is 12.3. The first-order valence-corrected chi connectivity index (χ1v) is 7.84. The number of imide groups is 2. The van der Waals surface area contributed by atoms with Crippen molar-refractivity contribution in [1.82, 2.24) is 10.2 Å². The van der Waals surface area contributed by atoms with Crippen molar-refractivity contribution in [3.05, 3.63) is 0 Å². The van der Waals surface area contributed by atoms with Gasteiger partial charge in [0.1, 0.15) is 5.92 Å². The lowest BCUT2D eigenvalue weighted by molar-refractivity contribution is -0.148. The van der Waals surface area contributed by atoms with E-state index < -0.39 is 17.9 Å². The van der Waals surface area contributed by atoms with E-state index in [1.54, 1.807) is 7.11 Å². The number of ether oxygens (including phenoxy) is 1. The molecule has 2 aliphatic carbocycles. The summed E-state index contributed by atoms with van der Waals surface area (Å²) in [5.74, 6) is -1.34. The van der Waals surface area contributed by atoms with Crippen molar-refractivity contribution in [2.45, 2.75) is 57.1 Å². The first-order chi connectivity index (χ1) is 10.1. The Labute approximate surface area is 124 Å². The number of rotatable bonds is 3. The number of carbonyl (C=O) groups is 3. The second-order valence-electron chi connectivity index (χ2n) is 6.30. The van der Waals surface area contributed by atoms with E-state index in [0.717, 1.165) is 44.9 Å². The van der Waals surface area contributed by atoms with Crippen molar-refractivity contribution in [2.24, 2.45) is 11.8 Å². The van der Waals surface area contributed by atoms with E-state index in [-0.39, 0.29) is 24.0 Å². The summed E-state index contributed by atoms with van der Waals surface area (Å²) in [5, 5.41) is 2.38. The summed E-state index contributed by atoms with van der Waals surface area (Å²) in [7, 11) is 1.61. The van der Waals surface area contributed by atoms with Gasteiger partial charge in [0.15, 0.2) is 0 Å². The summed E-state index contributed by atoms with van der Waals surface area (Å²) in [4.78, 5) is 38.3. The maximum absolute atomic E-state index is 12.8. The summed E-state index contributed by atoms with van der Waals surface area (Å²) in [6.45, 7) is 0. The number of amides is 4. The van der Waals surface area contributed by atoms with Gasteiger partial charge in [0.05, 0.1) is 12.1 Å². The van der Waals surface area contributed by atoms with Crippen molar-refractivity contribution in [3.8, 4) is 0 Å². The van der Waals surface area contributed by atoms with Crippen molar-refractivity contribution < 1.29 is 19.1 Å². The fourth-order valence-corrected chi connectivity index (χ4v) is 4.10. The Bertz CT molecular complexity index is 459. The molecule has 0 aromatic carbocycles. The third kappa shape index (κ3) is 2.46. The van der Waals surface area contributed by atoms with Crippen LogP contribution in [0.15, 0.2) is 0 Å². The van der Waals surface area contributed by atoms with Crippen molar-refractivity contribution in [3.63, 3.8) is 0 Å². The molecule has 2 saturated carbocycles. The molecule has 1 saturated heterocycles. The van der Waals surface area contributed by atoms with Gasteiger partial charge in [-0.3, -0.25) is 19.8 Å². The number of carbonyl (C=O) groups excluding carboxylic acids is 3. The zero-order chi connectivity index (χ0) is 15.0. The van der Waals surface area contributed by atoms with Crippen LogP contribution in [0.1, 0.15) is 44.9 Å². The quantitative estimate of drug-likeness (QED) is 0.799. The first kappa shape index (κ1) is 14.5. The van der Waals surface area contributed by atoms with Gasteiger partial charge in [-0.05, 0) is 38.0 Å². The van der Waals surface area contributed by atoms with E-state index in [0.29, 0.717) is 0 Å². The van der Waals surface area contributed by atoms with Crippen LogP contribution in [0, 0.1) is 11.8 Å². The molecule has 6 nitrogen and oxygen atoms in total. The number of nitrogens with zero attached hydrogens (tertiary/aromatic N) is 1. The number of barbiturate groups is 1. The lowest BCUT2D eigenvalue weighted by Gasteiger charge is -2.37. The minimum atomic E-state index is -0.691. The molecule has 3 atom stereocenters. The van der Waals surface area contributed by atoms with E-state index >= 15 is 0 Å². The van der Waals surface area contributed by atoms with E-state index in [2.05, 4.69) is 5.32 Å². The third-order valence-electron chi connectivity index (χ3n) is 5.16. The molecule has 21 heavy (non-hydrogen) atoms. The van der Waals surface area contributed by atoms with Crippen LogP contribution in [-0.4, -0.2) is 42.0 Å². The highest BCUT2D eigenvalue weighted by atomic mass is 16.5. The van der Waals surface area contributed by atoms with E-state index in [1.807, 2.05) is 0 Å². The molecule has 0 aromatic heterocycles. The Hall–Kier alpha value is -1.43. The summed E-state index contributed by atoms with van der Waals surface area (Å²) < 4.78 is 5.40. The van der Waals surface area contributed by atoms with Gasteiger partial charge in [0, 0.05) is 7.11 Å². The van der Waals surface area contributed by atoms with E-state index in [1.165, 1.54) is 4.90 Å². The van der Waals surface area contributed by atoms with Crippen LogP contribution in [0.2, 0.25) is 0 Å². The lowest BCUT2D eigenvalue weighted by atomic mass is 9.87. The Morgan fingerprint density at radius 3 is 2.43 bits per heavy atom. The zero-order valence-corrected chi connectivity index (χ0v) is 12.3. The topological polar surface area (TPSA) is 75.7 Å². The van der Waals surface area contributed by atoms with Crippen molar-refractivity contribution in [1.29, 1.82) is 0 Å².